The monoisotopic (exact) mass is 285 g/mol. The zero-order valence-corrected chi connectivity index (χ0v) is 16.4. The molecule has 2 nitrogen and oxygen atoms in total. The normalized spacial score (nSPS) is 34.5. The number of carbonyl (C=O) groups excluding carboxylic acids is 1. The summed E-state index contributed by atoms with van der Waals surface area (Å²) in [6.07, 6.45) is 0. The third kappa shape index (κ3) is 1.94. The Balaban J connectivity index is 0. The standard InChI is InChI=1S/C12H21NO.3C2H6/c1-9(2)11(5)8(14)13(7)10(3,4)12(9,11)6;3*1-2/h1-7H3;3*1-2H3. The Kier molecular flexibility index (Phi) is 7.06. The molecule has 0 radical (unpaired) electrons. The molecular weight excluding hydrogens is 246 g/mol. The van der Waals surface area contributed by atoms with Gasteiger partial charge in [0.2, 0.25) is 5.91 Å². The van der Waals surface area contributed by atoms with Gasteiger partial charge in [-0.3, -0.25) is 4.79 Å². The number of rotatable bonds is 0. The summed E-state index contributed by atoms with van der Waals surface area (Å²) in [5, 5.41) is 0. The average Bonchev–Trinajstić information content (AvgIpc) is 2.80. The van der Waals surface area contributed by atoms with Crippen LogP contribution in [-0.4, -0.2) is 23.4 Å². The van der Waals surface area contributed by atoms with E-state index in [0.717, 1.165) is 0 Å². The summed E-state index contributed by atoms with van der Waals surface area (Å²) in [6, 6.07) is 0. The third-order valence-corrected chi connectivity index (χ3v) is 6.23. The van der Waals surface area contributed by atoms with Crippen molar-refractivity contribution < 1.29 is 4.79 Å². The summed E-state index contributed by atoms with van der Waals surface area (Å²) in [5.41, 5.74) is 0.0620. The van der Waals surface area contributed by atoms with Crippen molar-refractivity contribution in [3.63, 3.8) is 0 Å². The number of likely N-dealkylation sites (tertiary alicyclic amines) is 1. The van der Waals surface area contributed by atoms with Gasteiger partial charge in [0.1, 0.15) is 0 Å². The number of carbonyl (C=O) groups is 1. The minimum atomic E-state index is -0.155. The number of amides is 1. The van der Waals surface area contributed by atoms with Crippen molar-refractivity contribution in [1.82, 2.24) is 4.90 Å². The first-order valence-corrected chi connectivity index (χ1v) is 8.35. The van der Waals surface area contributed by atoms with E-state index in [1.54, 1.807) is 0 Å². The maximum Gasteiger partial charge on any atom is 0.229 e. The summed E-state index contributed by atoms with van der Waals surface area (Å²) in [5.74, 6) is 0.315. The summed E-state index contributed by atoms with van der Waals surface area (Å²) < 4.78 is 0. The highest BCUT2D eigenvalue weighted by Gasteiger charge is 2.90. The van der Waals surface area contributed by atoms with Crippen LogP contribution in [0.4, 0.5) is 0 Å². The fraction of sp³-hybridized carbons (Fsp3) is 0.944. The molecule has 2 fully saturated rings. The predicted octanol–water partition coefficient (Wildman–Crippen LogP) is 5.37. The van der Waals surface area contributed by atoms with Crippen LogP contribution in [0.25, 0.3) is 0 Å². The summed E-state index contributed by atoms with van der Waals surface area (Å²) >= 11 is 0. The van der Waals surface area contributed by atoms with Gasteiger partial charge in [0.25, 0.3) is 0 Å². The predicted molar refractivity (Wildman–Crippen MR) is 90.9 cm³/mol. The molecule has 1 amide bonds. The van der Waals surface area contributed by atoms with E-state index in [0.29, 0.717) is 5.91 Å². The van der Waals surface area contributed by atoms with Crippen LogP contribution in [0.15, 0.2) is 0 Å². The average molecular weight is 286 g/mol. The highest BCUT2D eigenvalue weighted by Crippen LogP contribution is 2.85. The van der Waals surface area contributed by atoms with E-state index in [-0.39, 0.29) is 21.8 Å². The minimum absolute atomic E-state index is 0.0255. The van der Waals surface area contributed by atoms with Gasteiger partial charge in [-0.2, -0.15) is 0 Å². The number of hydrogen-bond acceptors (Lipinski definition) is 1. The van der Waals surface area contributed by atoms with Crippen LogP contribution in [0.2, 0.25) is 0 Å². The lowest BCUT2D eigenvalue weighted by Crippen LogP contribution is -2.48. The molecule has 0 N–H and O–H groups in total. The van der Waals surface area contributed by atoms with Crippen molar-refractivity contribution in [2.75, 3.05) is 7.05 Å². The number of piperidine rings is 1. The van der Waals surface area contributed by atoms with E-state index in [1.807, 2.05) is 53.5 Å². The van der Waals surface area contributed by atoms with Gasteiger partial charge in [-0.15, -0.1) is 0 Å². The van der Waals surface area contributed by atoms with Crippen LogP contribution in [0.1, 0.15) is 83.1 Å². The summed E-state index contributed by atoms with van der Waals surface area (Å²) in [7, 11) is 1.93. The number of fused-ring (bicyclic) bond motifs is 1. The van der Waals surface area contributed by atoms with Crippen molar-refractivity contribution in [2.24, 2.45) is 16.2 Å². The van der Waals surface area contributed by atoms with Crippen LogP contribution >= 0.6 is 0 Å². The fourth-order valence-corrected chi connectivity index (χ4v) is 4.13. The van der Waals surface area contributed by atoms with Crippen LogP contribution in [-0.2, 0) is 4.79 Å². The lowest BCUT2D eigenvalue weighted by Gasteiger charge is -2.39. The smallest absolute Gasteiger partial charge is 0.229 e. The molecule has 2 rings (SSSR count). The second kappa shape index (κ2) is 6.49. The number of hydrogen-bond donors (Lipinski definition) is 0. The van der Waals surface area contributed by atoms with Gasteiger partial charge in [0, 0.05) is 18.0 Å². The molecule has 2 aliphatic rings. The van der Waals surface area contributed by atoms with Gasteiger partial charge in [-0.05, 0) is 26.2 Å². The lowest BCUT2D eigenvalue weighted by atomic mass is 9.79. The highest BCUT2D eigenvalue weighted by molar-refractivity contribution is 5.93. The van der Waals surface area contributed by atoms with E-state index in [9.17, 15) is 4.79 Å². The van der Waals surface area contributed by atoms with Gasteiger partial charge < -0.3 is 4.90 Å². The van der Waals surface area contributed by atoms with Gasteiger partial charge >= 0.3 is 0 Å². The molecule has 2 unspecified atom stereocenters. The van der Waals surface area contributed by atoms with Crippen molar-refractivity contribution >= 4 is 5.91 Å². The van der Waals surface area contributed by atoms with Crippen LogP contribution in [0.3, 0.4) is 0 Å². The van der Waals surface area contributed by atoms with Gasteiger partial charge in [0.05, 0.1) is 5.41 Å². The Labute approximate surface area is 128 Å². The lowest BCUT2D eigenvalue weighted by molar-refractivity contribution is -0.137. The van der Waals surface area contributed by atoms with Crippen molar-refractivity contribution in [3.8, 4) is 0 Å². The molecule has 0 bridgehead atoms. The topological polar surface area (TPSA) is 20.3 Å². The molecule has 1 heterocycles. The van der Waals surface area contributed by atoms with E-state index in [4.69, 9.17) is 0 Å². The largest absolute Gasteiger partial charge is 0.340 e. The Morgan fingerprint density at radius 1 is 0.750 bits per heavy atom. The summed E-state index contributed by atoms with van der Waals surface area (Å²) in [6.45, 7) is 25.2. The first-order valence-electron chi connectivity index (χ1n) is 8.35. The molecule has 2 atom stereocenters. The second-order valence-electron chi connectivity index (χ2n) is 6.30. The van der Waals surface area contributed by atoms with Crippen LogP contribution in [0.5, 0.6) is 0 Å². The van der Waals surface area contributed by atoms with Crippen molar-refractivity contribution in [1.29, 1.82) is 0 Å². The molecule has 0 aromatic carbocycles. The number of nitrogens with zero attached hydrogens (tertiary/aromatic N) is 1. The first-order chi connectivity index (χ1) is 9.07. The molecule has 122 valence electrons. The highest BCUT2D eigenvalue weighted by atomic mass is 16.2. The molecule has 20 heavy (non-hydrogen) atoms. The van der Waals surface area contributed by atoms with E-state index >= 15 is 0 Å². The Morgan fingerprint density at radius 2 is 1.05 bits per heavy atom. The van der Waals surface area contributed by atoms with Gasteiger partial charge in [-0.25, -0.2) is 0 Å². The fourth-order valence-electron chi connectivity index (χ4n) is 4.13. The Hall–Kier alpha value is -0.530. The zero-order chi connectivity index (χ0) is 17.2. The molecule has 1 saturated carbocycles. The summed E-state index contributed by atoms with van der Waals surface area (Å²) in [4.78, 5) is 14.2. The quantitative estimate of drug-likeness (QED) is 0.586. The van der Waals surface area contributed by atoms with Crippen LogP contribution < -0.4 is 0 Å². The van der Waals surface area contributed by atoms with Gasteiger partial charge in [-0.1, -0.05) is 62.3 Å². The maximum atomic E-state index is 12.2. The molecular formula is C18H39NO. The van der Waals surface area contributed by atoms with E-state index in [2.05, 4.69) is 41.5 Å². The second-order valence-corrected chi connectivity index (χ2v) is 6.30. The molecule has 0 aromatic heterocycles. The maximum absolute atomic E-state index is 12.2. The first kappa shape index (κ1) is 21.8. The van der Waals surface area contributed by atoms with Crippen molar-refractivity contribution in [2.45, 2.75) is 88.6 Å². The Morgan fingerprint density at radius 3 is 1.20 bits per heavy atom. The molecule has 1 aliphatic carbocycles. The van der Waals surface area contributed by atoms with Crippen LogP contribution in [0, 0.1) is 16.2 Å². The Bertz CT molecular complexity index is 332. The van der Waals surface area contributed by atoms with E-state index < -0.39 is 0 Å². The third-order valence-electron chi connectivity index (χ3n) is 6.23. The zero-order valence-electron chi connectivity index (χ0n) is 16.4. The molecule has 2 heteroatoms. The molecule has 1 saturated heterocycles. The van der Waals surface area contributed by atoms with Crippen molar-refractivity contribution in [3.05, 3.63) is 0 Å². The van der Waals surface area contributed by atoms with Gasteiger partial charge in [0.15, 0.2) is 0 Å². The SMILES string of the molecule is CC.CC.CC.CN1C(=O)C2(C)C(C)(C)C2(C)C1(C)C. The van der Waals surface area contributed by atoms with E-state index in [1.165, 1.54) is 0 Å². The minimum Gasteiger partial charge on any atom is -0.340 e. The molecule has 1 aliphatic heterocycles. The molecule has 0 aromatic rings. The molecule has 0 spiro atoms.